The number of carbonyl (C=O) groups is 1. The number of rotatable bonds is 6. The van der Waals surface area contributed by atoms with Crippen molar-refractivity contribution >= 4 is 16.7 Å². The lowest BCUT2D eigenvalue weighted by Crippen LogP contribution is -2.33. The molecule has 0 bridgehead atoms. The number of ether oxygens (including phenoxy) is 1. The van der Waals surface area contributed by atoms with Crippen molar-refractivity contribution in [1.29, 1.82) is 0 Å². The average molecular weight is 383 g/mol. The Labute approximate surface area is 169 Å². The normalized spacial score (nSPS) is 11.7. The fourth-order valence-corrected chi connectivity index (χ4v) is 3.42. The van der Waals surface area contributed by atoms with Crippen LogP contribution < -0.4 is 10.1 Å². The van der Waals surface area contributed by atoms with Crippen LogP contribution in [0.3, 0.4) is 0 Å². The quantitative estimate of drug-likeness (QED) is 0.501. The van der Waals surface area contributed by atoms with Crippen LogP contribution in [0.15, 0.2) is 97.1 Å². The molecule has 4 nitrogen and oxygen atoms in total. The molecule has 2 N–H and O–H groups in total. The van der Waals surface area contributed by atoms with Gasteiger partial charge in [-0.2, -0.15) is 0 Å². The molecular weight excluding hydrogens is 362 g/mol. The van der Waals surface area contributed by atoms with Crippen LogP contribution in [0.5, 0.6) is 11.5 Å². The van der Waals surface area contributed by atoms with Crippen molar-refractivity contribution in [3.63, 3.8) is 0 Å². The van der Waals surface area contributed by atoms with Gasteiger partial charge in [-0.05, 0) is 34.5 Å². The predicted molar refractivity (Wildman–Crippen MR) is 114 cm³/mol. The molecule has 144 valence electrons. The molecule has 0 spiro atoms. The Balaban J connectivity index is 1.67. The van der Waals surface area contributed by atoms with Gasteiger partial charge in [0.2, 0.25) is 0 Å². The first-order chi connectivity index (χ1) is 14.2. The minimum atomic E-state index is -0.505. The summed E-state index contributed by atoms with van der Waals surface area (Å²) in [6, 6.07) is 29.7. The number of phenols is 1. The summed E-state index contributed by atoms with van der Waals surface area (Å²) in [5.74, 6) is 0.504. The van der Waals surface area contributed by atoms with E-state index in [9.17, 15) is 9.90 Å². The Bertz CT molecular complexity index is 1110. The van der Waals surface area contributed by atoms with E-state index in [1.54, 1.807) is 18.2 Å². The maximum absolute atomic E-state index is 12.7. The summed E-state index contributed by atoms with van der Waals surface area (Å²) in [6.07, 6.45) is 0. The highest BCUT2D eigenvalue weighted by atomic mass is 16.5. The predicted octanol–water partition coefficient (Wildman–Crippen LogP) is 4.83. The van der Waals surface area contributed by atoms with Crippen molar-refractivity contribution in [2.75, 3.05) is 6.61 Å². The standard InChI is InChI=1S/C25H21NO3/c27-22-16-15-18-9-7-8-14-21(18)24(22)25(19-10-3-1-4-11-19)26-23(28)17-29-20-12-5-2-6-13-20/h1-16,25,27H,17H2,(H,26,28)/t25-/m0/s1. The lowest BCUT2D eigenvalue weighted by atomic mass is 9.92. The van der Waals surface area contributed by atoms with Crippen LogP contribution in [0.4, 0.5) is 0 Å². The van der Waals surface area contributed by atoms with Crippen molar-refractivity contribution in [2.24, 2.45) is 0 Å². The van der Waals surface area contributed by atoms with Gasteiger partial charge in [0, 0.05) is 5.56 Å². The highest BCUT2D eigenvalue weighted by molar-refractivity contribution is 5.89. The van der Waals surface area contributed by atoms with E-state index < -0.39 is 6.04 Å². The van der Waals surface area contributed by atoms with Crippen LogP contribution in [0.2, 0.25) is 0 Å². The zero-order valence-electron chi connectivity index (χ0n) is 15.8. The Morgan fingerprint density at radius 1 is 0.828 bits per heavy atom. The summed E-state index contributed by atoms with van der Waals surface area (Å²) in [5.41, 5.74) is 1.55. The molecule has 0 aliphatic heterocycles. The van der Waals surface area contributed by atoms with Crippen molar-refractivity contribution in [3.8, 4) is 11.5 Å². The van der Waals surface area contributed by atoms with Gasteiger partial charge >= 0.3 is 0 Å². The number of aromatic hydroxyl groups is 1. The van der Waals surface area contributed by atoms with Gasteiger partial charge in [0.25, 0.3) is 5.91 Å². The molecule has 0 aliphatic rings. The van der Waals surface area contributed by atoms with Gasteiger partial charge in [-0.25, -0.2) is 0 Å². The highest BCUT2D eigenvalue weighted by Gasteiger charge is 2.22. The lowest BCUT2D eigenvalue weighted by molar-refractivity contribution is -0.123. The SMILES string of the molecule is O=C(COc1ccccc1)N[C@@H](c1ccccc1)c1c(O)ccc2ccccc12. The summed E-state index contributed by atoms with van der Waals surface area (Å²) >= 11 is 0. The molecule has 4 heteroatoms. The zero-order chi connectivity index (χ0) is 20.1. The van der Waals surface area contributed by atoms with Crippen molar-refractivity contribution in [1.82, 2.24) is 5.32 Å². The van der Waals surface area contributed by atoms with Gasteiger partial charge in [-0.15, -0.1) is 0 Å². The van der Waals surface area contributed by atoms with Gasteiger partial charge in [-0.3, -0.25) is 4.79 Å². The molecule has 0 aliphatic carbocycles. The van der Waals surface area contributed by atoms with Gasteiger partial charge in [0.15, 0.2) is 6.61 Å². The van der Waals surface area contributed by atoms with Crippen molar-refractivity contribution in [3.05, 3.63) is 108 Å². The summed E-state index contributed by atoms with van der Waals surface area (Å²) in [6.45, 7) is -0.112. The molecule has 4 rings (SSSR count). The van der Waals surface area contributed by atoms with E-state index in [0.29, 0.717) is 11.3 Å². The van der Waals surface area contributed by atoms with Gasteiger partial charge in [0.1, 0.15) is 11.5 Å². The summed E-state index contributed by atoms with van der Waals surface area (Å²) < 4.78 is 5.58. The monoisotopic (exact) mass is 383 g/mol. The van der Waals surface area contributed by atoms with Crippen molar-refractivity contribution < 1.29 is 14.6 Å². The number of para-hydroxylation sites is 1. The van der Waals surface area contributed by atoms with E-state index >= 15 is 0 Å². The van der Waals surface area contributed by atoms with E-state index in [4.69, 9.17) is 4.74 Å². The number of carbonyl (C=O) groups excluding carboxylic acids is 1. The van der Waals surface area contributed by atoms with Gasteiger partial charge in [-0.1, -0.05) is 78.9 Å². The van der Waals surface area contributed by atoms with Crippen LogP contribution in [0.1, 0.15) is 17.2 Å². The van der Waals surface area contributed by atoms with E-state index in [2.05, 4.69) is 5.32 Å². The maximum atomic E-state index is 12.7. The van der Waals surface area contributed by atoms with Crippen LogP contribution in [-0.2, 0) is 4.79 Å². The van der Waals surface area contributed by atoms with Gasteiger partial charge < -0.3 is 15.2 Å². The molecule has 0 heterocycles. The number of amides is 1. The molecule has 0 unspecified atom stereocenters. The Morgan fingerprint density at radius 3 is 2.24 bits per heavy atom. The average Bonchev–Trinajstić information content (AvgIpc) is 2.78. The number of nitrogens with one attached hydrogen (secondary N) is 1. The molecule has 4 aromatic rings. The summed E-state index contributed by atoms with van der Waals surface area (Å²) in [7, 11) is 0. The molecule has 29 heavy (non-hydrogen) atoms. The number of hydrogen-bond acceptors (Lipinski definition) is 3. The number of phenolic OH excluding ortho intramolecular Hbond substituents is 1. The first-order valence-electron chi connectivity index (χ1n) is 9.45. The third-order valence-corrected chi connectivity index (χ3v) is 4.79. The minimum Gasteiger partial charge on any atom is -0.508 e. The number of benzene rings is 4. The Kier molecular flexibility index (Phi) is 5.43. The minimum absolute atomic E-state index is 0.112. The second-order valence-electron chi connectivity index (χ2n) is 6.73. The molecule has 1 amide bonds. The Morgan fingerprint density at radius 2 is 1.48 bits per heavy atom. The fourth-order valence-electron chi connectivity index (χ4n) is 3.42. The third kappa shape index (κ3) is 4.22. The largest absolute Gasteiger partial charge is 0.508 e. The smallest absolute Gasteiger partial charge is 0.258 e. The van der Waals surface area contributed by atoms with Crippen LogP contribution >= 0.6 is 0 Å². The molecule has 0 saturated carbocycles. The molecule has 0 aromatic heterocycles. The molecule has 4 aromatic carbocycles. The molecule has 0 fully saturated rings. The number of fused-ring (bicyclic) bond motifs is 1. The lowest BCUT2D eigenvalue weighted by Gasteiger charge is -2.22. The fraction of sp³-hybridized carbons (Fsp3) is 0.0800. The second kappa shape index (κ2) is 8.48. The first kappa shape index (κ1) is 18.6. The van der Waals surface area contributed by atoms with Crippen molar-refractivity contribution in [2.45, 2.75) is 6.04 Å². The van der Waals surface area contributed by atoms with E-state index in [-0.39, 0.29) is 18.3 Å². The molecular formula is C25H21NO3. The second-order valence-corrected chi connectivity index (χ2v) is 6.73. The molecule has 1 atom stereocenters. The highest BCUT2D eigenvalue weighted by Crippen LogP contribution is 2.35. The topological polar surface area (TPSA) is 58.6 Å². The third-order valence-electron chi connectivity index (χ3n) is 4.79. The van der Waals surface area contributed by atoms with Gasteiger partial charge in [0.05, 0.1) is 6.04 Å². The summed E-state index contributed by atoms with van der Waals surface area (Å²) in [5, 5.41) is 15.6. The van der Waals surface area contributed by atoms with Crippen LogP contribution in [0.25, 0.3) is 10.8 Å². The first-order valence-corrected chi connectivity index (χ1v) is 9.45. The van der Waals surface area contributed by atoms with Crippen LogP contribution in [-0.4, -0.2) is 17.6 Å². The number of hydrogen-bond donors (Lipinski definition) is 2. The van der Waals surface area contributed by atoms with E-state index in [1.165, 1.54) is 0 Å². The Hall–Kier alpha value is -3.79. The summed E-state index contributed by atoms with van der Waals surface area (Å²) in [4.78, 5) is 12.7. The van der Waals surface area contributed by atoms with E-state index in [1.807, 2.05) is 78.9 Å². The zero-order valence-corrected chi connectivity index (χ0v) is 15.8. The molecule has 0 radical (unpaired) electrons. The van der Waals surface area contributed by atoms with Crippen LogP contribution in [0, 0.1) is 0 Å². The molecule has 0 saturated heterocycles. The maximum Gasteiger partial charge on any atom is 0.258 e. The van der Waals surface area contributed by atoms with E-state index in [0.717, 1.165) is 16.3 Å².